The van der Waals surface area contributed by atoms with Gasteiger partial charge in [0.25, 0.3) is 0 Å². The van der Waals surface area contributed by atoms with Gasteiger partial charge in [-0.3, -0.25) is 0 Å². The van der Waals surface area contributed by atoms with E-state index in [1.54, 1.807) is 6.08 Å². The van der Waals surface area contributed by atoms with Gasteiger partial charge in [-0.2, -0.15) is 0 Å². The van der Waals surface area contributed by atoms with E-state index in [1.807, 2.05) is 0 Å². The summed E-state index contributed by atoms with van der Waals surface area (Å²) in [5.74, 6) is 0. The molecule has 0 aromatic rings. The van der Waals surface area contributed by atoms with Crippen LogP contribution in [0.5, 0.6) is 0 Å². The van der Waals surface area contributed by atoms with Gasteiger partial charge in [-0.15, -0.1) is 0 Å². The van der Waals surface area contributed by atoms with E-state index in [4.69, 9.17) is 17.8 Å². The van der Waals surface area contributed by atoms with Crippen LogP contribution in [0.1, 0.15) is 0 Å². The predicted molar refractivity (Wildman–Crippen MR) is 32.5 cm³/mol. The average Bonchev–Trinajstić information content (AvgIpc) is 1.35. The number of hydrogen-bond donors (Lipinski definition) is 0. The van der Waals surface area contributed by atoms with Crippen molar-refractivity contribution < 1.29 is 0 Å². The number of rotatable bonds is 2. The van der Waals surface area contributed by atoms with Crippen LogP contribution in [-0.4, -0.2) is 17.5 Å². The van der Waals surface area contributed by atoms with Crippen molar-refractivity contribution in [2.75, 3.05) is 0 Å². The summed E-state index contributed by atoms with van der Waals surface area (Å²) in [7, 11) is 10.9. The molecule has 0 aromatic carbocycles. The molecule has 0 spiro atoms. The van der Waals surface area contributed by atoms with Crippen molar-refractivity contribution in [1.29, 1.82) is 0 Å². The molecule has 1 radical (unpaired) electrons. The first-order valence-electron chi connectivity index (χ1n) is 1.55. The van der Waals surface area contributed by atoms with E-state index in [0.717, 1.165) is 4.44 Å². The van der Waals surface area contributed by atoms with E-state index in [9.17, 15) is 0 Å². The van der Waals surface area contributed by atoms with Gasteiger partial charge in [0.05, 0.1) is 0 Å². The Morgan fingerprint density at radius 3 is 2.17 bits per heavy atom. The standard InChI is InChI=1S/C3H5.2ClH.Sn/c1-3-2;;;/h3H,1-2H2;2*1H;/q;;;+2/p-2. The normalized spacial score (nSPS) is 9.17. The fraction of sp³-hybridized carbons (Fsp3) is 0.333. The van der Waals surface area contributed by atoms with Gasteiger partial charge in [-0.25, -0.2) is 0 Å². The third-order valence-electron chi connectivity index (χ3n) is 0.299. The van der Waals surface area contributed by atoms with Gasteiger partial charge in [-0.1, -0.05) is 0 Å². The zero-order valence-corrected chi connectivity index (χ0v) is 7.61. The summed E-state index contributed by atoms with van der Waals surface area (Å²) in [6, 6.07) is 0. The van der Waals surface area contributed by atoms with E-state index < -0.39 is 17.5 Å². The van der Waals surface area contributed by atoms with Crippen molar-refractivity contribution in [1.82, 2.24) is 0 Å². The Labute approximate surface area is 52.3 Å². The van der Waals surface area contributed by atoms with Crippen LogP contribution in [0.15, 0.2) is 12.7 Å². The topological polar surface area (TPSA) is 0 Å². The third-order valence-corrected chi connectivity index (χ3v) is 4.07. The van der Waals surface area contributed by atoms with Crippen molar-refractivity contribution in [3.05, 3.63) is 12.7 Å². The Hall–Kier alpha value is 1.12. The second-order valence-corrected chi connectivity index (χ2v) is 11.3. The molecule has 0 fully saturated rings. The van der Waals surface area contributed by atoms with Crippen LogP contribution in [0.25, 0.3) is 0 Å². The number of allylic oxidation sites excluding steroid dienone is 1. The molecular weight excluding hydrogens is 226 g/mol. The molecule has 0 rings (SSSR count). The molecule has 0 N–H and O–H groups in total. The zero-order valence-electron chi connectivity index (χ0n) is 3.25. The van der Waals surface area contributed by atoms with Gasteiger partial charge in [0.15, 0.2) is 0 Å². The van der Waals surface area contributed by atoms with Gasteiger partial charge in [0.1, 0.15) is 0 Å². The summed E-state index contributed by atoms with van der Waals surface area (Å²) >= 11 is -1.79. The van der Waals surface area contributed by atoms with Gasteiger partial charge in [-0.05, 0) is 0 Å². The van der Waals surface area contributed by atoms with Crippen LogP contribution in [0, 0.1) is 0 Å². The van der Waals surface area contributed by atoms with Crippen molar-refractivity contribution >= 4 is 35.3 Å². The van der Waals surface area contributed by atoms with Crippen LogP contribution in [-0.2, 0) is 0 Å². The summed E-state index contributed by atoms with van der Waals surface area (Å²) < 4.78 is 0.866. The first-order chi connectivity index (χ1) is 2.77. The molecular formula is C3H5Cl2Sn. The monoisotopic (exact) mass is 231 g/mol. The Kier molecular flexibility index (Phi) is 5.08. The maximum atomic E-state index is 5.47. The molecule has 0 saturated heterocycles. The van der Waals surface area contributed by atoms with Crippen LogP contribution < -0.4 is 0 Å². The third kappa shape index (κ3) is 5.12. The van der Waals surface area contributed by atoms with Crippen LogP contribution in [0.3, 0.4) is 0 Å². The summed E-state index contributed by atoms with van der Waals surface area (Å²) in [5, 5.41) is 0. The number of halogens is 2. The average molecular weight is 231 g/mol. The van der Waals surface area contributed by atoms with Gasteiger partial charge >= 0.3 is 52.4 Å². The zero-order chi connectivity index (χ0) is 4.99. The first kappa shape index (κ1) is 7.12. The molecule has 0 heterocycles. The van der Waals surface area contributed by atoms with E-state index in [0.29, 0.717) is 0 Å². The molecule has 0 aromatic heterocycles. The number of hydrogen-bond acceptors (Lipinski definition) is 0. The minimum absolute atomic E-state index is 0.866. The van der Waals surface area contributed by atoms with E-state index in [2.05, 4.69) is 6.58 Å². The van der Waals surface area contributed by atoms with Gasteiger partial charge < -0.3 is 0 Å². The van der Waals surface area contributed by atoms with Crippen molar-refractivity contribution in [3.63, 3.8) is 0 Å². The van der Waals surface area contributed by atoms with E-state index >= 15 is 0 Å². The second kappa shape index (κ2) is 4.28. The molecule has 0 unspecified atom stereocenters. The molecule has 35 valence electrons. The molecule has 6 heavy (non-hydrogen) atoms. The molecule has 0 aliphatic rings. The van der Waals surface area contributed by atoms with Crippen LogP contribution in [0.2, 0.25) is 4.44 Å². The quantitative estimate of drug-likeness (QED) is 0.504. The second-order valence-electron chi connectivity index (χ2n) is 0.831. The SMILES string of the molecule is C=C[CH2][Sn]([Cl])[Cl]. The van der Waals surface area contributed by atoms with Crippen LogP contribution in [0.4, 0.5) is 0 Å². The van der Waals surface area contributed by atoms with Gasteiger partial charge in [0.2, 0.25) is 0 Å². The summed E-state index contributed by atoms with van der Waals surface area (Å²) in [4.78, 5) is 0. The Bertz CT molecular complexity index is 44.1. The Balaban J connectivity index is 2.81. The molecule has 0 aliphatic carbocycles. The maximum absolute atomic E-state index is 5.47. The molecule has 0 amide bonds. The van der Waals surface area contributed by atoms with E-state index in [-0.39, 0.29) is 0 Å². The van der Waals surface area contributed by atoms with Crippen molar-refractivity contribution in [3.8, 4) is 0 Å². The van der Waals surface area contributed by atoms with Crippen molar-refractivity contribution in [2.24, 2.45) is 0 Å². The molecule has 0 bridgehead atoms. The Morgan fingerprint density at radius 2 is 2.17 bits per heavy atom. The molecule has 0 atom stereocenters. The van der Waals surface area contributed by atoms with Crippen molar-refractivity contribution in [2.45, 2.75) is 4.44 Å². The summed E-state index contributed by atoms with van der Waals surface area (Å²) in [5.41, 5.74) is 0. The molecule has 3 heteroatoms. The van der Waals surface area contributed by atoms with Gasteiger partial charge in [0, 0.05) is 0 Å². The predicted octanol–water partition coefficient (Wildman–Crippen LogP) is 2.14. The minimum atomic E-state index is -1.79. The molecule has 0 nitrogen and oxygen atoms in total. The first-order valence-corrected chi connectivity index (χ1v) is 10.8. The Morgan fingerprint density at radius 1 is 1.67 bits per heavy atom. The summed E-state index contributed by atoms with van der Waals surface area (Å²) in [6.07, 6.45) is 1.77. The molecule has 0 saturated carbocycles. The van der Waals surface area contributed by atoms with E-state index in [1.165, 1.54) is 0 Å². The summed E-state index contributed by atoms with van der Waals surface area (Å²) in [6.45, 7) is 3.48. The van der Waals surface area contributed by atoms with Crippen LogP contribution >= 0.6 is 17.8 Å². The molecule has 0 aliphatic heterocycles. The fourth-order valence-corrected chi connectivity index (χ4v) is 2.20. The fourth-order valence-electron chi connectivity index (χ4n) is 0.109.